The lowest BCUT2D eigenvalue weighted by molar-refractivity contribution is 0.549. The maximum Gasteiger partial charge on any atom is 0.0624 e. The Bertz CT molecular complexity index is 617. The first-order valence-electron chi connectivity index (χ1n) is 6.18. The minimum absolute atomic E-state index is 0.00207. The second-order valence-electron chi connectivity index (χ2n) is 4.61. The molecule has 0 heterocycles. The average molecular weight is 421 g/mol. The van der Waals surface area contributed by atoms with Crippen molar-refractivity contribution >= 4 is 45.8 Å². The van der Waals surface area contributed by atoms with E-state index in [1.54, 1.807) is 6.07 Å². The number of halogens is 3. The lowest BCUT2D eigenvalue weighted by Gasteiger charge is -2.20. The molecule has 2 nitrogen and oxygen atoms in total. The predicted octanol–water partition coefficient (Wildman–Crippen LogP) is 4.65. The molecule has 106 valence electrons. The number of hydrogen-bond donors (Lipinski definition) is 2. The van der Waals surface area contributed by atoms with Crippen LogP contribution >= 0.6 is 45.8 Å². The Kier molecular flexibility index (Phi) is 5.69. The quantitative estimate of drug-likeness (QED) is 0.429. The van der Waals surface area contributed by atoms with E-state index in [4.69, 9.17) is 29.0 Å². The smallest absolute Gasteiger partial charge is 0.0624 e. The number of nitrogens with one attached hydrogen (secondary N) is 1. The molecule has 0 aliphatic carbocycles. The topological polar surface area (TPSA) is 38.0 Å². The van der Waals surface area contributed by atoms with Crippen LogP contribution in [0.2, 0.25) is 10.0 Å². The van der Waals surface area contributed by atoms with Crippen molar-refractivity contribution in [2.75, 3.05) is 0 Å². The highest BCUT2D eigenvalue weighted by Crippen LogP contribution is 2.31. The summed E-state index contributed by atoms with van der Waals surface area (Å²) in [6.07, 6.45) is 0.690. The molecule has 0 saturated heterocycles. The number of nitrogens with two attached hydrogens (primary N) is 1. The van der Waals surface area contributed by atoms with Crippen LogP contribution < -0.4 is 11.3 Å². The standard InChI is InChI=1S/C15H15Cl2IN2/c1-9-4-2-6-11(15(9)18)13(20-19)8-10-5-3-7-12(16)14(10)17/h2-7,13,20H,8,19H2,1H3. The van der Waals surface area contributed by atoms with Crippen molar-refractivity contribution in [2.24, 2.45) is 5.84 Å². The van der Waals surface area contributed by atoms with Crippen LogP contribution in [0, 0.1) is 10.5 Å². The molecule has 2 aromatic carbocycles. The molecule has 0 spiro atoms. The summed E-state index contributed by atoms with van der Waals surface area (Å²) < 4.78 is 1.21. The van der Waals surface area contributed by atoms with E-state index in [1.165, 1.54) is 14.7 Å². The summed E-state index contributed by atoms with van der Waals surface area (Å²) in [5, 5.41) is 1.16. The second kappa shape index (κ2) is 7.09. The molecule has 3 N–H and O–H groups in total. The second-order valence-corrected chi connectivity index (χ2v) is 6.48. The summed E-state index contributed by atoms with van der Waals surface area (Å²) in [5.74, 6) is 5.73. The zero-order valence-corrected chi connectivity index (χ0v) is 14.6. The van der Waals surface area contributed by atoms with Crippen molar-refractivity contribution in [3.8, 4) is 0 Å². The van der Waals surface area contributed by atoms with Crippen LogP contribution in [0.3, 0.4) is 0 Å². The van der Waals surface area contributed by atoms with Gasteiger partial charge in [0.1, 0.15) is 0 Å². The third-order valence-electron chi connectivity index (χ3n) is 3.25. The minimum Gasteiger partial charge on any atom is -0.271 e. The van der Waals surface area contributed by atoms with E-state index < -0.39 is 0 Å². The van der Waals surface area contributed by atoms with Crippen molar-refractivity contribution in [2.45, 2.75) is 19.4 Å². The van der Waals surface area contributed by atoms with Crippen LogP contribution in [0.4, 0.5) is 0 Å². The molecule has 0 radical (unpaired) electrons. The number of rotatable bonds is 4. The van der Waals surface area contributed by atoms with E-state index in [0.29, 0.717) is 16.5 Å². The third kappa shape index (κ3) is 3.46. The first-order chi connectivity index (χ1) is 9.54. The molecule has 0 aromatic heterocycles. The van der Waals surface area contributed by atoms with Crippen molar-refractivity contribution in [3.05, 3.63) is 66.7 Å². The van der Waals surface area contributed by atoms with Crippen LogP contribution in [0.1, 0.15) is 22.7 Å². The summed E-state index contributed by atoms with van der Waals surface area (Å²) in [6, 6.07) is 11.9. The van der Waals surface area contributed by atoms with Gasteiger partial charge in [-0.3, -0.25) is 11.3 Å². The maximum absolute atomic E-state index is 6.25. The van der Waals surface area contributed by atoms with Crippen LogP contribution in [-0.2, 0) is 6.42 Å². The Balaban J connectivity index is 2.34. The highest BCUT2D eigenvalue weighted by Gasteiger charge is 2.16. The van der Waals surface area contributed by atoms with Crippen LogP contribution in [0.5, 0.6) is 0 Å². The molecule has 20 heavy (non-hydrogen) atoms. The molecule has 0 aliphatic rings. The number of aryl methyl sites for hydroxylation is 1. The zero-order valence-electron chi connectivity index (χ0n) is 11.0. The van der Waals surface area contributed by atoms with E-state index in [9.17, 15) is 0 Å². The van der Waals surface area contributed by atoms with Crippen LogP contribution in [0.25, 0.3) is 0 Å². The van der Waals surface area contributed by atoms with Gasteiger partial charge in [-0.2, -0.15) is 0 Å². The Morgan fingerprint density at radius 3 is 2.60 bits per heavy atom. The molecule has 5 heteroatoms. The summed E-state index contributed by atoms with van der Waals surface area (Å²) in [5.41, 5.74) is 6.27. The van der Waals surface area contributed by atoms with Crippen LogP contribution in [-0.4, -0.2) is 0 Å². The summed E-state index contributed by atoms with van der Waals surface area (Å²) in [7, 11) is 0. The molecule has 1 atom stereocenters. The fraction of sp³-hybridized carbons (Fsp3) is 0.200. The molecule has 0 fully saturated rings. The van der Waals surface area contributed by atoms with Gasteiger partial charge in [-0.05, 0) is 58.7 Å². The Labute approximate surface area is 142 Å². The highest BCUT2D eigenvalue weighted by atomic mass is 127. The van der Waals surface area contributed by atoms with E-state index in [-0.39, 0.29) is 6.04 Å². The summed E-state index contributed by atoms with van der Waals surface area (Å²) in [4.78, 5) is 0. The van der Waals surface area contributed by atoms with Gasteiger partial charge >= 0.3 is 0 Å². The Hall–Kier alpha value is -0.330. The first kappa shape index (κ1) is 16.0. The minimum atomic E-state index is -0.00207. The number of hydrogen-bond acceptors (Lipinski definition) is 2. The number of benzene rings is 2. The molecular formula is C15H15Cl2IN2. The summed E-state index contributed by atoms with van der Waals surface area (Å²) in [6.45, 7) is 2.09. The van der Waals surface area contributed by atoms with E-state index in [0.717, 1.165) is 5.56 Å². The Morgan fingerprint density at radius 1 is 1.20 bits per heavy atom. The summed E-state index contributed by atoms with van der Waals surface area (Å²) >= 11 is 14.7. The van der Waals surface area contributed by atoms with Crippen molar-refractivity contribution < 1.29 is 0 Å². The molecule has 2 rings (SSSR count). The third-order valence-corrected chi connectivity index (χ3v) is 5.59. The lowest BCUT2D eigenvalue weighted by Crippen LogP contribution is -2.30. The van der Waals surface area contributed by atoms with Gasteiger partial charge in [0, 0.05) is 3.57 Å². The van der Waals surface area contributed by atoms with Gasteiger partial charge in [-0.25, -0.2) is 0 Å². The maximum atomic E-state index is 6.25. The van der Waals surface area contributed by atoms with E-state index in [2.05, 4.69) is 47.1 Å². The van der Waals surface area contributed by atoms with Gasteiger partial charge in [-0.15, -0.1) is 0 Å². The van der Waals surface area contributed by atoms with Gasteiger partial charge in [0.25, 0.3) is 0 Å². The van der Waals surface area contributed by atoms with Gasteiger partial charge in [-0.1, -0.05) is 53.5 Å². The number of hydrazine groups is 1. The molecule has 0 saturated carbocycles. The van der Waals surface area contributed by atoms with Crippen molar-refractivity contribution in [1.82, 2.24) is 5.43 Å². The van der Waals surface area contributed by atoms with Crippen molar-refractivity contribution in [3.63, 3.8) is 0 Å². The predicted molar refractivity (Wildman–Crippen MR) is 94.1 cm³/mol. The van der Waals surface area contributed by atoms with Gasteiger partial charge in [0.2, 0.25) is 0 Å². The van der Waals surface area contributed by atoms with E-state index >= 15 is 0 Å². The zero-order chi connectivity index (χ0) is 14.7. The van der Waals surface area contributed by atoms with Gasteiger partial charge in [0.15, 0.2) is 0 Å². The highest BCUT2D eigenvalue weighted by molar-refractivity contribution is 14.1. The van der Waals surface area contributed by atoms with Crippen molar-refractivity contribution in [1.29, 1.82) is 0 Å². The first-order valence-corrected chi connectivity index (χ1v) is 8.02. The monoisotopic (exact) mass is 420 g/mol. The SMILES string of the molecule is Cc1cccc(C(Cc2cccc(Cl)c2Cl)NN)c1I. The normalized spacial score (nSPS) is 12.4. The molecule has 0 aliphatic heterocycles. The lowest BCUT2D eigenvalue weighted by atomic mass is 9.98. The molecular weight excluding hydrogens is 406 g/mol. The molecule has 0 bridgehead atoms. The van der Waals surface area contributed by atoms with Crippen LogP contribution in [0.15, 0.2) is 36.4 Å². The largest absolute Gasteiger partial charge is 0.271 e. The average Bonchev–Trinajstić information content (AvgIpc) is 2.44. The van der Waals surface area contributed by atoms with Gasteiger partial charge in [0.05, 0.1) is 16.1 Å². The molecule has 0 amide bonds. The Morgan fingerprint density at radius 2 is 1.90 bits per heavy atom. The molecule has 2 aromatic rings. The van der Waals surface area contributed by atoms with E-state index in [1.807, 2.05) is 18.2 Å². The fourth-order valence-electron chi connectivity index (χ4n) is 2.12. The fourth-order valence-corrected chi connectivity index (χ4v) is 3.26. The van der Waals surface area contributed by atoms with Gasteiger partial charge < -0.3 is 0 Å². The molecule has 1 unspecified atom stereocenters.